The molecule has 0 N–H and O–H groups in total. The largest absolute Gasteiger partial charge is 0.438 e. The highest BCUT2D eigenvalue weighted by atomic mass is 32.2. The molecule has 0 saturated carbocycles. The lowest BCUT2D eigenvalue weighted by Crippen LogP contribution is -2.31. The lowest BCUT2D eigenvalue weighted by atomic mass is 10.1. The number of thioether (sulfide) groups is 1. The first-order valence-electron chi connectivity index (χ1n) is 11.4. The monoisotopic (exact) mass is 513 g/mol. The van der Waals surface area contributed by atoms with Gasteiger partial charge in [0, 0.05) is 6.20 Å². The van der Waals surface area contributed by atoms with Gasteiger partial charge in [-0.25, -0.2) is 0 Å². The Morgan fingerprint density at radius 1 is 0.972 bits per heavy atom. The summed E-state index contributed by atoms with van der Waals surface area (Å²) in [7, 11) is 0. The van der Waals surface area contributed by atoms with Crippen molar-refractivity contribution in [2.75, 3.05) is 0 Å². The number of benzene rings is 2. The molecular weight excluding hydrogens is 490 g/mol. The standard InChI is InChI=1S/C28H23N3O3S2/c1-17-10-7-8-14-22(17)34-25-21(26(32)30-15-9-11-18(2)24(30)29-25)16-23-27(33)31(28(35)36-23)19(3)20-12-5-4-6-13-20/h4-16,19H,1-3H3/b23-16+. The van der Waals surface area contributed by atoms with Crippen molar-refractivity contribution in [2.24, 2.45) is 0 Å². The van der Waals surface area contributed by atoms with Crippen LogP contribution in [0.15, 0.2) is 82.6 Å². The third-order valence-corrected chi connectivity index (χ3v) is 7.45. The molecule has 2 aromatic carbocycles. The van der Waals surface area contributed by atoms with E-state index >= 15 is 0 Å². The van der Waals surface area contributed by atoms with Gasteiger partial charge in [0.1, 0.15) is 21.3 Å². The number of fused-ring (bicyclic) bond motifs is 1. The molecule has 180 valence electrons. The number of amides is 1. The molecule has 8 heteroatoms. The van der Waals surface area contributed by atoms with E-state index in [1.54, 1.807) is 23.2 Å². The Balaban J connectivity index is 1.62. The number of para-hydroxylation sites is 1. The van der Waals surface area contributed by atoms with Crippen molar-refractivity contribution < 1.29 is 9.53 Å². The molecule has 1 aliphatic rings. The van der Waals surface area contributed by atoms with Crippen LogP contribution in [0.5, 0.6) is 11.6 Å². The SMILES string of the molecule is Cc1ccccc1Oc1nc2c(C)cccn2c(=O)c1/C=C1/SC(=S)N(C(C)c2ccccc2)C1=O. The molecule has 5 rings (SSSR count). The lowest BCUT2D eigenvalue weighted by Gasteiger charge is -2.23. The first-order valence-corrected chi connectivity index (χ1v) is 12.6. The van der Waals surface area contributed by atoms with E-state index in [4.69, 9.17) is 17.0 Å². The second-order valence-electron chi connectivity index (χ2n) is 8.53. The van der Waals surface area contributed by atoms with Gasteiger partial charge in [0.2, 0.25) is 5.88 Å². The molecule has 2 aromatic heterocycles. The zero-order chi connectivity index (χ0) is 25.4. The molecule has 0 aliphatic carbocycles. The molecule has 0 spiro atoms. The minimum Gasteiger partial charge on any atom is -0.438 e. The number of aryl methyl sites for hydroxylation is 2. The van der Waals surface area contributed by atoms with Crippen LogP contribution in [0.25, 0.3) is 11.7 Å². The highest BCUT2D eigenvalue weighted by Gasteiger charge is 2.36. The van der Waals surface area contributed by atoms with E-state index in [9.17, 15) is 9.59 Å². The Kier molecular flexibility index (Phi) is 6.47. The molecule has 1 fully saturated rings. The van der Waals surface area contributed by atoms with Crippen molar-refractivity contribution in [1.29, 1.82) is 0 Å². The third-order valence-electron chi connectivity index (χ3n) is 6.12. The number of carbonyl (C=O) groups excluding carboxylic acids is 1. The van der Waals surface area contributed by atoms with Crippen molar-refractivity contribution in [1.82, 2.24) is 14.3 Å². The zero-order valence-corrected chi connectivity index (χ0v) is 21.6. The van der Waals surface area contributed by atoms with Crippen LogP contribution in [0.2, 0.25) is 0 Å². The maximum atomic E-state index is 13.6. The summed E-state index contributed by atoms with van der Waals surface area (Å²) in [5, 5.41) is 0. The number of hydrogen-bond donors (Lipinski definition) is 0. The van der Waals surface area contributed by atoms with E-state index in [1.807, 2.05) is 81.4 Å². The van der Waals surface area contributed by atoms with Crippen LogP contribution in [0.3, 0.4) is 0 Å². The van der Waals surface area contributed by atoms with E-state index in [0.717, 1.165) is 16.7 Å². The number of nitrogens with zero attached hydrogens (tertiary/aromatic N) is 3. The van der Waals surface area contributed by atoms with Crippen LogP contribution in [0, 0.1) is 13.8 Å². The highest BCUT2D eigenvalue weighted by molar-refractivity contribution is 8.26. The van der Waals surface area contributed by atoms with Crippen molar-refractivity contribution in [2.45, 2.75) is 26.8 Å². The van der Waals surface area contributed by atoms with Crippen LogP contribution >= 0.6 is 24.0 Å². The predicted molar refractivity (Wildman–Crippen MR) is 147 cm³/mol. The summed E-state index contributed by atoms with van der Waals surface area (Å²) >= 11 is 6.74. The number of thiocarbonyl (C=S) groups is 1. The van der Waals surface area contributed by atoms with Gasteiger partial charge in [-0.05, 0) is 55.7 Å². The minimum atomic E-state index is -0.325. The highest BCUT2D eigenvalue weighted by Crippen LogP contribution is 2.39. The Morgan fingerprint density at radius 2 is 1.67 bits per heavy atom. The zero-order valence-electron chi connectivity index (χ0n) is 20.0. The van der Waals surface area contributed by atoms with E-state index in [-0.39, 0.29) is 29.0 Å². The fourth-order valence-electron chi connectivity index (χ4n) is 4.09. The summed E-state index contributed by atoms with van der Waals surface area (Å²) in [5.74, 6) is 0.476. The topological polar surface area (TPSA) is 63.9 Å². The smallest absolute Gasteiger partial charge is 0.269 e. The van der Waals surface area contributed by atoms with E-state index in [0.29, 0.717) is 20.6 Å². The number of aromatic nitrogens is 2. The third kappa shape index (κ3) is 4.34. The molecule has 4 aromatic rings. The van der Waals surface area contributed by atoms with E-state index < -0.39 is 0 Å². The summed E-state index contributed by atoms with van der Waals surface area (Å²) < 4.78 is 8.07. The van der Waals surface area contributed by atoms with Gasteiger partial charge in [0.25, 0.3) is 11.5 Å². The molecule has 1 aliphatic heterocycles. The van der Waals surface area contributed by atoms with Crippen molar-refractivity contribution in [3.63, 3.8) is 0 Å². The molecule has 3 heterocycles. The lowest BCUT2D eigenvalue weighted by molar-refractivity contribution is -0.123. The van der Waals surface area contributed by atoms with Gasteiger partial charge < -0.3 is 4.74 Å². The van der Waals surface area contributed by atoms with Gasteiger partial charge >= 0.3 is 0 Å². The van der Waals surface area contributed by atoms with Crippen LogP contribution < -0.4 is 10.3 Å². The number of carbonyl (C=O) groups is 1. The average Bonchev–Trinajstić information content (AvgIpc) is 3.16. The van der Waals surface area contributed by atoms with Gasteiger partial charge in [-0.1, -0.05) is 78.6 Å². The summed E-state index contributed by atoms with van der Waals surface area (Å²) in [4.78, 5) is 33.7. The average molecular weight is 514 g/mol. The molecule has 6 nitrogen and oxygen atoms in total. The molecule has 1 amide bonds. The summed E-state index contributed by atoms with van der Waals surface area (Å²) in [5.41, 5.74) is 3.06. The van der Waals surface area contributed by atoms with Gasteiger partial charge in [-0.15, -0.1) is 0 Å². The Bertz CT molecular complexity index is 1600. The fraction of sp³-hybridized carbons (Fsp3) is 0.143. The maximum Gasteiger partial charge on any atom is 0.269 e. The molecule has 0 bridgehead atoms. The fourth-order valence-corrected chi connectivity index (χ4v) is 5.49. The quantitative estimate of drug-likeness (QED) is 0.239. The Labute approximate surface area is 218 Å². The second kappa shape index (κ2) is 9.72. The first-order chi connectivity index (χ1) is 17.3. The Morgan fingerprint density at radius 3 is 2.42 bits per heavy atom. The molecular formula is C28H23N3O3S2. The number of pyridine rings is 1. The minimum absolute atomic E-state index is 0.143. The van der Waals surface area contributed by atoms with Crippen molar-refractivity contribution >= 4 is 45.9 Å². The van der Waals surface area contributed by atoms with Crippen molar-refractivity contribution in [3.8, 4) is 11.6 Å². The number of ether oxygens (including phenoxy) is 1. The molecule has 36 heavy (non-hydrogen) atoms. The first kappa shape index (κ1) is 24.0. The number of rotatable bonds is 5. The maximum absolute atomic E-state index is 13.6. The van der Waals surface area contributed by atoms with E-state index in [2.05, 4.69) is 4.98 Å². The number of hydrogen-bond acceptors (Lipinski definition) is 6. The van der Waals surface area contributed by atoms with Gasteiger partial charge in [-0.3, -0.25) is 18.9 Å². The summed E-state index contributed by atoms with van der Waals surface area (Å²) in [6.07, 6.45) is 3.21. The predicted octanol–water partition coefficient (Wildman–Crippen LogP) is 6.07. The molecule has 1 saturated heterocycles. The van der Waals surface area contributed by atoms with Crippen molar-refractivity contribution in [3.05, 3.63) is 110 Å². The Hall–Kier alpha value is -3.75. The van der Waals surface area contributed by atoms with Gasteiger partial charge in [0.15, 0.2) is 0 Å². The van der Waals surface area contributed by atoms with Gasteiger partial charge in [-0.2, -0.15) is 4.98 Å². The van der Waals surface area contributed by atoms with Crippen LogP contribution in [0.4, 0.5) is 0 Å². The van der Waals surface area contributed by atoms with Crippen LogP contribution in [-0.2, 0) is 4.79 Å². The summed E-state index contributed by atoms with van der Waals surface area (Å²) in [6.45, 7) is 5.74. The normalized spacial score (nSPS) is 15.6. The van der Waals surface area contributed by atoms with E-state index in [1.165, 1.54) is 16.2 Å². The summed E-state index contributed by atoms with van der Waals surface area (Å²) in [6, 6.07) is 20.7. The van der Waals surface area contributed by atoms with Crippen LogP contribution in [-0.4, -0.2) is 24.5 Å². The second-order valence-corrected chi connectivity index (χ2v) is 10.2. The van der Waals surface area contributed by atoms with Gasteiger partial charge in [0.05, 0.1) is 10.9 Å². The molecule has 1 atom stereocenters. The molecule has 0 radical (unpaired) electrons. The van der Waals surface area contributed by atoms with Crippen LogP contribution in [0.1, 0.15) is 35.2 Å². The molecule has 1 unspecified atom stereocenters.